The molecule has 0 radical (unpaired) electrons. The number of carbonyl (C=O) groups is 4. The zero-order chi connectivity index (χ0) is 40.4. The van der Waals surface area contributed by atoms with Gasteiger partial charge in [-0.1, -0.05) is 19.9 Å². The number of aliphatic hydroxyl groups excluding tert-OH is 6. The van der Waals surface area contributed by atoms with E-state index < -0.39 is 105 Å². The Hall–Kier alpha value is -4.13. The number of amides is 4. The fraction of sp³-hybridized carbons (Fsp3) is 0.618. The van der Waals surface area contributed by atoms with Gasteiger partial charge in [-0.05, 0) is 37.4 Å². The number of carboxylic acid groups (broad SMARTS) is 1. The average Bonchev–Trinajstić information content (AvgIpc) is 3.16. The van der Waals surface area contributed by atoms with Crippen LogP contribution in [0.15, 0.2) is 30.3 Å². The second-order valence-electron chi connectivity index (χ2n) is 12.9. The second kappa shape index (κ2) is 20.2. The number of carbonyl (C=O) groups excluding carboxylic acids is 3. The molecule has 21 heteroatoms. The lowest BCUT2D eigenvalue weighted by atomic mass is 9.95. The molecule has 11 N–H and O–H groups in total. The molecule has 2 aliphatic rings. The van der Waals surface area contributed by atoms with Gasteiger partial charge in [0.2, 0.25) is 5.91 Å². The van der Waals surface area contributed by atoms with E-state index in [4.69, 9.17) is 18.9 Å². The predicted molar refractivity (Wildman–Crippen MR) is 189 cm³/mol. The van der Waals surface area contributed by atoms with Crippen molar-refractivity contribution in [3.05, 3.63) is 36.0 Å². The molecule has 306 valence electrons. The van der Waals surface area contributed by atoms with Gasteiger partial charge in [0.05, 0.1) is 25.3 Å². The molecule has 2 fully saturated rings. The molecule has 0 spiro atoms. The number of urea groups is 1. The molecule has 4 rings (SSSR count). The Labute approximate surface area is 315 Å². The molecule has 21 nitrogen and oxygen atoms in total. The van der Waals surface area contributed by atoms with Crippen LogP contribution in [0.4, 0.5) is 10.5 Å². The SMILES string of the molecule is CCN(CC)CCNC(=O)c1ccc2cc(NC(=O)NC(CO[C@H]3OC(CO)[C@H](O)[C@H](O[C@@H]4OC(CO)[C@H](O)[C@H](O)C4O)C3NC(C)=O)C(=O)O)ccc2n1. The number of nitrogens with one attached hydrogen (secondary N) is 4. The van der Waals surface area contributed by atoms with Crippen LogP contribution in [0.5, 0.6) is 0 Å². The summed E-state index contributed by atoms with van der Waals surface area (Å²) in [6.07, 6.45) is -15.0. The summed E-state index contributed by atoms with van der Waals surface area (Å²) in [5, 5.41) is 81.8. The first kappa shape index (κ1) is 43.6. The molecule has 0 bridgehead atoms. The average molecular weight is 783 g/mol. The standard InChI is InChI=1S/C34H50N6O15/c1-4-40(5-2)11-10-35-30(48)20-8-6-17-12-18(7-9-19(17)38-20)37-34(51)39-21(31(49)50)15-52-32-24(36-16(3)43)29(26(45)23(14-42)53-32)55-33-28(47)27(46)25(44)22(13-41)54-33/h6-9,12,21-29,32-33,41-42,44-47H,4-5,10-11,13-15H2,1-3H3,(H,35,48)(H,36,43)(H,49,50)(H2,37,39,51)/t21?,22?,23?,24?,25-,26-,27-,28?,29+,32-,33-/m0/s1. The van der Waals surface area contributed by atoms with Gasteiger partial charge in [0.15, 0.2) is 18.6 Å². The number of hydrogen-bond donors (Lipinski definition) is 11. The van der Waals surface area contributed by atoms with Gasteiger partial charge in [-0.15, -0.1) is 0 Å². The monoisotopic (exact) mass is 782 g/mol. The number of likely N-dealkylation sites (N-methyl/N-ethyl adjacent to an activating group) is 1. The quantitative estimate of drug-likeness (QED) is 0.0748. The number of carboxylic acids is 1. The lowest BCUT2D eigenvalue weighted by molar-refractivity contribution is -0.345. The van der Waals surface area contributed by atoms with Gasteiger partial charge in [0, 0.05) is 31.1 Å². The van der Waals surface area contributed by atoms with Crippen LogP contribution in [0.3, 0.4) is 0 Å². The van der Waals surface area contributed by atoms with E-state index in [2.05, 4.69) is 31.2 Å². The van der Waals surface area contributed by atoms with Crippen molar-refractivity contribution < 1.29 is 73.9 Å². The number of aliphatic hydroxyl groups is 6. The highest BCUT2D eigenvalue weighted by atomic mass is 16.7. The Balaban J connectivity index is 1.41. The zero-order valence-electron chi connectivity index (χ0n) is 30.5. The molecule has 2 saturated heterocycles. The summed E-state index contributed by atoms with van der Waals surface area (Å²) in [7, 11) is 0. The molecule has 4 amide bonds. The van der Waals surface area contributed by atoms with Crippen molar-refractivity contribution >= 4 is 40.4 Å². The third-order valence-electron chi connectivity index (χ3n) is 9.18. The number of hydrogen-bond acceptors (Lipinski definition) is 16. The van der Waals surface area contributed by atoms with Gasteiger partial charge in [-0.2, -0.15) is 0 Å². The highest BCUT2D eigenvalue weighted by Gasteiger charge is 2.51. The minimum absolute atomic E-state index is 0.212. The highest BCUT2D eigenvalue weighted by Crippen LogP contribution is 2.30. The molecule has 2 aromatic rings. The molecule has 2 aliphatic heterocycles. The van der Waals surface area contributed by atoms with Crippen molar-refractivity contribution in [2.45, 2.75) is 88.2 Å². The Morgan fingerprint density at radius 2 is 1.58 bits per heavy atom. The van der Waals surface area contributed by atoms with E-state index in [0.717, 1.165) is 20.0 Å². The normalized spacial score (nSPS) is 28.7. The number of aromatic nitrogens is 1. The molecule has 3 heterocycles. The van der Waals surface area contributed by atoms with Gasteiger partial charge >= 0.3 is 12.0 Å². The summed E-state index contributed by atoms with van der Waals surface area (Å²) in [5.41, 5.74) is 0.951. The zero-order valence-corrected chi connectivity index (χ0v) is 30.5. The van der Waals surface area contributed by atoms with E-state index in [-0.39, 0.29) is 17.3 Å². The largest absolute Gasteiger partial charge is 0.480 e. The van der Waals surface area contributed by atoms with E-state index in [1.807, 2.05) is 13.8 Å². The highest BCUT2D eigenvalue weighted by molar-refractivity contribution is 5.97. The number of anilines is 1. The van der Waals surface area contributed by atoms with E-state index >= 15 is 0 Å². The lowest BCUT2D eigenvalue weighted by Gasteiger charge is -2.47. The Kier molecular flexibility index (Phi) is 16.0. The number of ether oxygens (including phenoxy) is 4. The van der Waals surface area contributed by atoms with Gasteiger partial charge in [0.1, 0.15) is 54.5 Å². The number of nitrogens with zero attached hydrogens (tertiary/aromatic N) is 2. The molecular formula is C34H50N6O15. The van der Waals surface area contributed by atoms with Crippen LogP contribution in [0.1, 0.15) is 31.3 Å². The first-order valence-electron chi connectivity index (χ1n) is 17.7. The van der Waals surface area contributed by atoms with Crippen LogP contribution >= 0.6 is 0 Å². The minimum atomic E-state index is -1.90. The molecule has 55 heavy (non-hydrogen) atoms. The van der Waals surface area contributed by atoms with Crippen molar-refractivity contribution in [2.75, 3.05) is 51.3 Å². The van der Waals surface area contributed by atoms with Crippen molar-refractivity contribution in [1.29, 1.82) is 0 Å². The maximum atomic E-state index is 12.9. The van der Waals surface area contributed by atoms with Gasteiger partial charge < -0.3 is 80.9 Å². The molecule has 5 unspecified atom stereocenters. The summed E-state index contributed by atoms with van der Waals surface area (Å²) in [6.45, 7) is 5.68. The molecular weight excluding hydrogens is 732 g/mol. The van der Waals surface area contributed by atoms with Crippen molar-refractivity contribution in [1.82, 2.24) is 25.8 Å². The molecule has 1 aromatic heterocycles. The molecule has 0 aliphatic carbocycles. The minimum Gasteiger partial charge on any atom is -0.480 e. The number of aliphatic carboxylic acids is 1. The summed E-state index contributed by atoms with van der Waals surface area (Å²) in [6, 6.07) is 3.73. The molecule has 0 saturated carbocycles. The van der Waals surface area contributed by atoms with E-state index in [0.29, 0.717) is 24.0 Å². The predicted octanol–water partition coefficient (Wildman–Crippen LogP) is -3.33. The first-order valence-corrected chi connectivity index (χ1v) is 17.7. The molecule has 11 atom stereocenters. The van der Waals surface area contributed by atoms with Crippen LogP contribution in [0.2, 0.25) is 0 Å². The Morgan fingerprint density at radius 1 is 0.909 bits per heavy atom. The second-order valence-corrected chi connectivity index (χ2v) is 12.9. The third kappa shape index (κ3) is 11.2. The third-order valence-corrected chi connectivity index (χ3v) is 9.18. The number of fused-ring (bicyclic) bond motifs is 1. The van der Waals surface area contributed by atoms with Crippen LogP contribution in [-0.2, 0) is 28.5 Å². The van der Waals surface area contributed by atoms with Crippen LogP contribution in [0.25, 0.3) is 10.9 Å². The Morgan fingerprint density at radius 3 is 2.22 bits per heavy atom. The fourth-order valence-electron chi connectivity index (χ4n) is 6.07. The fourth-order valence-corrected chi connectivity index (χ4v) is 6.07. The topological polar surface area (TPSA) is 311 Å². The van der Waals surface area contributed by atoms with E-state index in [9.17, 15) is 54.9 Å². The van der Waals surface area contributed by atoms with Crippen LogP contribution in [-0.4, -0.2) is 183 Å². The summed E-state index contributed by atoms with van der Waals surface area (Å²) in [4.78, 5) is 56.5. The number of pyridine rings is 1. The van der Waals surface area contributed by atoms with E-state index in [1.54, 1.807) is 18.2 Å². The first-order chi connectivity index (χ1) is 26.2. The number of rotatable bonds is 17. The smallest absolute Gasteiger partial charge is 0.328 e. The van der Waals surface area contributed by atoms with E-state index in [1.165, 1.54) is 12.1 Å². The lowest BCUT2D eigenvalue weighted by Crippen LogP contribution is -2.68. The molecule has 1 aromatic carbocycles. The van der Waals surface area contributed by atoms with Crippen molar-refractivity contribution in [3.8, 4) is 0 Å². The van der Waals surface area contributed by atoms with Gasteiger partial charge in [-0.3, -0.25) is 9.59 Å². The summed E-state index contributed by atoms with van der Waals surface area (Å²) < 4.78 is 22.4. The van der Waals surface area contributed by atoms with Crippen LogP contribution < -0.4 is 21.3 Å². The summed E-state index contributed by atoms with van der Waals surface area (Å²) in [5.74, 6) is -2.55. The summed E-state index contributed by atoms with van der Waals surface area (Å²) >= 11 is 0. The van der Waals surface area contributed by atoms with Gasteiger partial charge in [0.25, 0.3) is 5.91 Å². The Bertz CT molecular complexity index is 1620. The van der Waals surface area contributed by atoms with Crippen LogP contribution in [0, 0.1) is 0 Å². The van der Waals surface area contributed by atoms with Gasteiger partial charge in [-0.25, -0.2) is 14.6 Å². The van der Waals surface area contributed by atoms with Crippen molar-refractivity contribution in [3.63, 3.8) is 0 Å². The maximum absolute atomic E-state index is 12.9. The maximum Gasteiger partial charge on any atom is 0.328 e. The van der Waals surface area contributed by atoms with Crippen molar-refractivity contribution in [2.24, 2.45) is 0 Å². The number of benzene rings is 1.